The van der Waals surface area contributed by atoms with Crippen LogP contribution in [0, 0.1) is 0 Å². The van der Waals surface area contributed by atoms with Crippen LogP contribution in [0.1, 0.15) is 33.6 Å². The van der Waals surface area contributed by atoms with Crippen molar-refractivity contribution in [2.45, 2.75) is 33.6 Å². The van der Waals surface area contributed by atoms with Crippen molar-refractivity contribution < 1.29 is 14.7 Å². The summed E-state index contributed by atoms with van der Waals surface area (Å²) in [5, 5.41) is 7.99. The SMILES string of the molecule is CC.CCC(=O)CC(=O)O. The van der Waals surface area contributed by atoms with E-state index in [1.807, 2.05) is 13.8 Å². The molecule has 0 aliphatic heterocycles. The predicted octanol–water partition coefficient (Wildman–Crippen LogP) is 1.47. The lowest BCUT2D eigenvalue weighted by Gasteiger charge is -1.86. The van der Waals surface area contributed by atoms with E-state index >= 15 is 0 Å². The van der Waals surface area contributed by atoms with Crippen LogP contribution in [0.2, 0.25) is 0 Å². The Balaban J connectivity index is 0. The van der Waals surface area contributed by atoms with Crippen LogP contribution in [0.5, 0.6) is 0 Å². The lowest BCUT2D eigenvalue weighted by atomic mass is 10.2. The summed E-state index contributed by atoms with van der Waals surface area (Å²) in [7, 11) is 0. The molecule has 0 spiro atoms. The van der Waals surface area contributed by atoms with Crippen LogP contribution in [0.25, 0.3) is 0 Å². The Morgan fingerprint density at radius 1 is 1.30 bits per heavy atom. The first-order chi connectivity index (χ1) is 4.66. The van der Waals surface area contributed by atoms with E-state index in [0.717, 1.165) is 0 Å². The second kappa shape index (κ2) is 8.14. The fourth-order valence-electron chi connectivity index (χ4n) is 0.294. The third kappa shape index (κ3) is 10.2. The van der Waals surface area contributed by atoms with Crippen molar-refractivity contribution in [1.29, 1.82) is 0 Å². The van der Waals surface area contributed by atoms with Crippen LogP contribution in [0.3, 0.4) is 0 Å². The van der Waals surface area contributed by atoms with Crippen molar-refractivity contribution in [3.8, 4) is 0 Å². The second-order valence-electron chi connectivity index (χ2n) is 1.46. The van der Waals surface area contributed by atoms with E-state index in [0.29, 0.717) is 6.42 Å². The van der Waals surface area contributed by atoms with Crippen molar-refractivity contribution in [3.63, 3.8) is 0 Å². The van der Waals surface area contributed by atoms with E-state index in [2.05, 4.69) is 0 Å². The molecular formula is C7H14O3. The molecule has 0 saturated heterocycles. The van der Waals surface area contributed by atoms with Crippen LogP contribution in [-0.2, 0) is 9.59 Å². The zero-order valence-corrected chi connectivity index (χ0v) is 6.68. The minimum Gasteiger partial charge on any atom is -0.481 e. The van der Waals surface area contributed by atoms with Gasteiger partial charge in [-0.25, -0.2) is 0 Å². The summed E-state index contributed by atoms with van der Waals surface area (Å²) in [6, 6.07) is 0. The Bertz CT molecular complexity index is 107. The molecule has 0 aromatic rings. The number of hydrogen-bond acceptors (Lipinski definition) is 2. The van der Waals surface area contributed by atoms with Gasteiger partial charge in [-0.2, -0.15) is 0 Å². The third-order valence-electron chi connectivity index (χ3n) is 0.743. The summed E-state index contributed by atoms with van der Waals surface area (Å²) in [4.78, 5) is 20.0. The van der Waals surface area contributed by atoms with Crippen LogP contribution < -0.4 is 0 Å². The molecule has 60 valence electrons. The van der Waals surface area contributed by atoms with Crippen molar-refractivity contribution in [2.75, 3.05) is 0 Å². The number of carbonyl (C=O) groups excluding carboxylic acids is 1. The molecule has 0 aromatic heterocycles. The number of carboxylic acids is 1. The van der Waals surface area contributed by atoms with Gasteiger partial charge in [0.25, 0.3) is 0 Å². The molecular weight excluding hydrogens is 132 g/mol. The second-order valence-corrected chi connectivity index (χ2v) is 1.46. The maximum Gasteiger partial charge on any atom is 0.310 e. The smallest absolute Gasteiger partial charge is 0.310 e. The van der Waals surface area contributed by atoms with E-state index in [-0.39, 0.29) is 12.2 Å². The van der Waals surface area contributed by atoms with Crippen LogP contribution in [0.4, 0.5) is 0 Å². The molecule has 0 atom stereocenters. The van der Waals surface area contributed by atoms with Gasteiger partial charge in [0.1, 0.15) is 12.2 Å². The summed E-state index contributed by atoms with van der Waals surface area (Å²) >= 11 is 0. The Morgan fingerprint density at radius 2 is 1.70 bits per heavy atom. The Hall–Kier alpha value is -0.860. The summed E-state index contributed by atoms with van der Waals surface area (Å²) in [6.07, 6.45) is -0.0250. The summed E-state index contributed by atoms with van der Waals surface area (Å²) in [5.74, 6) is -1.27. The van der Waals surface area contributed by atoms with Gasteiger partial charge in [0.15, 0.2) is 0 Å². The molecule has 0 aliphatic rings. The van der Waals surface area contributed by atoms with E-state index in [1.165, 1.54) is 0 Å². The zero-order chi connectivity index (χ0) is 8.57. The number of ketones is 1. The molecule has 0 bridgehead atoms. The van der Waals surface area contributed by atoms with Gasteiger partial charge in [-0.05, 0) is 0 Å². The van der Waals surface area contributed by atoms with Crippen molar-refractivity contribution in [2.24, 2.45) is 0 Å². The molecule has 0 aromatic carbocycles. The first-order valence-electron chi connectivity index (χ1n) is 3.40. The molecule has 3 heteroatoms. The van der Waals surface area contributed by atoms with Gasteiger partial charge >= 0.3 is 5.97 Å². The molecule has 0 rings (SSSR count). The molecule has 3 nitrogen and oxygen atoms in total. The van der Waals surface area contributed by atoms with Gasteiger partial charge in [0.2, 0.25) is 0 Å². The average Bonchev–Trinajstić information content (AvgIpc) is 1.91. The molecule has 0 aliphatic carbocycles. The maximum absolute atomic E-state index is 10.2. The quantitative estimate of drug-likeness (QED) is 0.613. The topological polar surface area (TPSA) is 54.4 Å². The van der Waals surface area contributed by atoms with Gasteiger partial charge in [-0.15, -0.1) is 0 Å². The Kier molecular flexibility index (Phi) is 9.67. The minimum atomic E-state index is -1.04. The van der Waals surface area contributed by atoms with Crippen molar-refractivity contribution in [1.82, 2.24) is 0 Å². The van der Waals surface area contributed by atoms with Gasteiger partial charge < -0.3 is 5.11 Å². The number of carboxylic acid groups (broad SMARTS) is 1. The van der Waals surface area contributed by atoms with E-state index in [1.54, 1.807) is 6.92 Å². The fourth-order valence-corrected chi connectivity index (χ4v) is 0.294. The molecule has 0 amide bonds. The van der Waals surface area contributed by atoms with E-state index < -0.39 is 5.97 Å². The average molecular weight is 146 g/mol. The highest BCUT2D eigenvalue weighted by molar-refractivity contribution is 5.94. The van der Waals surface area contributed by atoms with E-state index in [4.69, 9.17) is 5.11 Å². The Labute approximate surface area is 61.1 Å². The van der Waals surface area contributed by atoms with Crippen LogP contribution in [0.15, 0.2) is 0 Å². The summed E-state index contributed by atoms with van der Waals surface area (Å²) < 4.78 is 0. The molecule has 10 heavy (non-hydrogen) atoms. The molecule has 0 heterocycles. The molecule has 1 N–H and O–H groups in total. The lowest BCUT2D eigenvalue weighted by Crippen LogP contribution is -2.04. The Morgan fingerprint density at radius 3 is 1.80 bits per heavy atom. The first kappa shape index (κ1) is 11.9. The van der Waals surface area contributed by atoms with Gasteiger partial charge in [-0.3, -0.25) is 9.59 Å². The van der Waals surface area contributed by atoms with Crippen molar-refractivity contribution in [3.05, 3.63) is 0 Å². The minimum absolute atomic E-state index is 0.225. The highest BCUT2D eigenvalue weighted by Gasteiger charge is 2.02. The lowest BCUT2D eigenvalue weighted by molar-refractivity contribution is -0.140. The number of hydrogen-bond donors (Lipinski definition) is 1. The van der Waals surface area contributed by atoms with Gasteiger partial charge in [0, 0.05) is 6.42 Å². The van der Waals surface area contributed by atoms with Crippen molar-refractivity contribution >= 4 is 11.8 Å². The number of aliphatic carboxylic acids is 1. The number of carbonyl (C=O) groups is 2. The standard InChI is InChI=1S/C5H8O3.C2H6/c1-2-4(6)3-5(7)8;1-2/h2-3H2,1H3,(H,7,8);1-2H3. The molecule has 0 radical (unpaired) electrons. The zero-order valence-electron chi connectivity index (χ0n) is 6.68. The predicted molar refractivity (Wildman–Crippen MR) is 38.9 cm³/mol. The van der Waals surface area contributed by atoms with Gasteiger partial charge in [0.05, 0.1) is 0 Å². The van der Waals surface area contributed by atoms with E-state index in [9.17, 15) is 9.59 Å². The molecule has 0 fully saturated rings. The highest BCUT2D eigenvalue weighted by Crippen LogP contribution is 1.86. The summed E-state index contributed by atoms with van der Waals surface area (Å²) in [5.41, 5.74) is 0. The molecule has 0 unspecified atom stereocenters. The summed E-state index contributed by atoms with van der Waals surface area (Å²) in [6.45, 7) is 5.64. The number of rotatable bonds is 3. The van der Waals surface area contributed by atoms with Crippen LogP contribution in [-0.4, -0.2) is 16.9 Å². The van der Waals surface area contributed by atoms with Gasteiger partial charge in [-0.1, -0.05) is 20.8 Å². The monoisotopic (exact) mass is 146 g/mol. The fraction of sp³-hybridized carbons (Fsp3) is 0.714. The van der Waals surface area contributed by atoms with Crippen LogP contribution >= 0.6 is 0 Å². The third-order valence-corrected chi connectivity index (χ3v) is 0.743. The normalized spacial score (nSPS) is 7.50. The molecule has 0 saturated carbocycles. The maximum atomic E-state index is 10.2. The largest absolute Gasteiger partial charge is 0.481 e. The number of Topliss-reactive ketones (excluding diaryl/α,β-unsaturated/α-hetero) is 1. The highest BCUT2D eigenvalue weighted by atomic mass is 16.4. The first-order valence-corrected chi connectivity index (χ1v) is 3.40.